The summed E-state index contributed by atoms with van der Waals surface area (Å²) in [6.45, 7) is 14.2. The Morgan fingerprint density at radius 1 is 1.22 bits per heavy atom. The van der Waals surface area contributed by atoms with Crippen molar-refractivity contribution < 1.29 is 0 Å². The lowest BCUT2D eigenvalue weighted by atomic mass is 9.34. The maximum Gasteiger partial charge on any atom is 0.0688 e. The molecule has 0 heterocycles. The minimum absolute atomic E-state index is 0.583. The minimum Gasteiger partial charge on any atom is -0.0999 e. The van der Waals surface area contributed by atoms with Gasteiger partial charge >= 0.3 is 0 Å². The molecule has 2 heteroatoms. The largest absolute Gasteiger partial charge is 0.0999 e. The van der Waals surface area contributed by atoms with Crippen LogP contribution in [0.3, 0.4) is 0 Å². The highest BCUT2D eigenvalue weighted by Gasteiger charge is 2.41. The first-order valence-corrected chi connectivity index (χ1v) is 8.03. The first-order valence-electron chi connectivity index (χ1n) is 8.03. The third-order valence-corrected chi connectivity index (χ3v) is 5.24. The fourth-order valence-electron chi connectivity index (χ4n) is 3.80. The summed E-state index contributed by atoms with van der Waals surface area (Å²) < 4.78 is 0. The van der Waals surface area contributed by atoms with Gasteiger partial charge in [0.2, 0.25) is 0 Å². The quantitative estimate of drug-likeness (QED) is 0.526. The smallest absolute Gasteiger partial charge is 0.0688 e. The molecule has 0 aromatic carbocycles. The van der Waals surface area contributed by atoms with E-state index in [1.807, 2.05) is 0 Å². The van der Waals surface area contributed by atoms with Crippen LogP contribution in [-0.4, -0.2) is 14.3 Å². The van der Waals surface area contributed by atoms with Crippen LogP contribution in [0, 0.1) is 23.2 Å². The van der Waals surface area contributed by atoms with E-state index in [2.05, 4.69) is 55.8 Å². The van der Waals surface area contributed by atoms with Crippen molar-refractivity contribution in [2.24, 2.45) is 23.2 Å². The van der Waals surface area contributed by atoms with E-state index in [1.165, 1.54) is 32.1 Å². The molecule has 0 aromatic heterocycles. The first kappa shape index (κ1) is 16.2. The molecule has 0 N–H and O–H groups in total. The molecule has 1 saturated carbocycles. The van der Waals surface area contributed by atoms with Gasteiger partial charge in [0.1, 0.15) is 0 Å². The SMILES string of the molecule is C[B][B]C(C)CC(C)C1CC(C(C)(C)CCC)C1. The topological polar surface area (TPSA) is 0 Å². The Balaban J connectivity index is 2.29. The normalized spacial score (nSPS) is 27.2. The molecule has 0 aliphatic heterocycles. The van der Waals surface area contributed by atoms with E-state index >= 15 is 0 Å². The Hall–Kier alpha value is 0.130. The predicted octanol–water partition coefficient (Wildman–Crippen LogP) is 5.05. The van der Waals surface area contributed by atoms with E-state index in [0.717, 1.165) is 23.6 Å². The van der Waals surface area contributed by atoms with Crippen LogP contribution in [-0.2, 0) is 0 Å². The summed E-state index contributed by atoms with van der Waals surface area (Å²) in [5.41, 5.74) is 0.583. The van der Waals surface area contributed by atoms with Gasteiger partial charge in [0.15, 0.2) is 0 Å². The average molecular weight is 246 g/mol. The molecular formula is C16H32B2. The Labute approximate surface area is 117 Å². The molecule has 2 unspecified atom stereocenters. The molecule has 1 aliphatic rings. The Bertz CT molecular complexity index is 231. The molecule has 0 spiro atoms. The number of hydrogen-bond donors (Lipinski definition) is 0. The maximum absolute atomic E-state index is 2.48. The molecule has 1 fully saturated rings. The van der Waals surface area contributed by atoms with Crippen LogP contribution in [0.2, 0.25) is 12.6 Å². The van der Waals surface area contributed by atoms with Gasteiger partial charge in [0, 0.05) is 0 Å². The highest BCUT2D eigenvalue weighted by atomic mass is 14.5. The molecule has 0 aromatic rings. The maximum atomic E-state index is 2.48. The van der Waals surface area contributed by atoms with Crippen LogP contribution < -0.4 is 0 Å². The molecule has 1 aliphatic carbocycles. The van der Waals surface area contributed by atoms with Crippen molar-refractivity contribution in [1.29, 1.82) is 0 Å². The fraction of sp³-hybridized carbons (Fsp3) is 1.00. The highest BCUT2D eigenvalue weighted by Crippen LogP contribution is 2.51. The van der Waals surface area contributed by atoms with Crippen molar-refractivity contribution in [2.45, 2.75) is 79.4 Å². The van der Waals surface area contributed by atoms with Crippen molar-refractivity contribution in [1.82, 2.24) is 0 Å². The first-order chi connectivity index (χ1) is 8.40. The van der Waals surface area contributed by atoms with Gasteiger partial charge in [0.25, 0.3) is 0 Å². The van der Waals surface area contributed by atoms with Crippen LogP contribution >= 0.6 is 0 Å². The summed E-state index contributed by atoms with van der Waals surface area (Å²) in [7, 11) is 4.55. The second-order valence-corrected chi connectivity index (χ2v) is 7.38. The summed E-state index contributed by atoms with van der Waals surface area (Å²) >= 11 is 0. The molecule has 2 radical (unpaired) electrons. The highest BCUT2D eigenvalue weighted by molar-refractivity contribution is 7.00. The van der Waals surface area contributed by atoms with E-state index in [9.17, 15) is 0 Å². The van der Waals surface area contributed by atoms with Gasteiger partial charge < -0.3 is 0 Å². The van der Waals surface area contributed by atoms with Gasteiger partial charge in [-0.1, -0.05) is 60.1 Å². The second kappa shape index (κ2) is 7.06. The van der Waals surface area contributed by atoms with Gasteiger partial charge in [-0.3, -0.25) is 0 Å². The van der Waals surface area contributed by atoms with E-state index in [-0.39, 0.29) is 0 Å². The van der Waals surface area contributed by atoms with E-state index < -0.39 is 0 Å². The summed E-state index contributed by atoms with van der Waals surface area (Å²) in [6.07, 6.45) is 7.07. The number of rotatable bonds is 8. The third kappa shape index (κ3) is 4.35. The van der Waals surface area contributed by atoms with Gasteiger partial charge in [0.05, 0.1) is 14.3 Å². The summed E-state index contributed by atoms with van der Waals surface area (Å²) in [5.74, 6) is 3.65. The summed E-state index contributed by atoms with van der Waals surface area (Å²) in [5, 5.41) is 0. The van der Waals surface area contributed by atoms with Gasteiger partial charge in [-0.05, 0) is 42.4 Å². The zero-order valence-electron chi connectivity index (χ0n) is 13.5. The molecular weight excluding hydrogens is 214 g/mol. The van der Waals surface area contributed by atoms with Crippen LogP contribution in [0.15, 0.2) is 0 Å². The van der Waals surface area contributed by atoms with Gasteiger partial charge in [-0.15, -0.1) is 0 Å². The fourth-order valence-corrected chi connectivity index (χ4v) is 3.80. The van der Waals surface area contributed by atoms with Gasteiger partial charge in [-0.2, -0.15) is 0 Å². The predicted molar refractivity (Wildman–Crippen MR) is 85.5 cm³/mol. The zero-order valence-corrected chi connectivity index (χ0v) is 13.5. The molecule has 2 atom stereocenters. The van der Waals surface area contributed by atoms with Crippen LogP contribution in [0.4, 0.5) is 0 Å². The standard InChI is InChI=1S/C16H32B2/c1-7-8-16(4,5)15-10-14(11-15)12(2)9-13(3)18-17-6/h12-15H,7-11H2,1-6H3. The van der Waals surface area contributed by atoms with Crippen LogP contribution in [0.5, 0.6) is 0 Å². The Morgan fingerprint density at radius 2 is 1.83 bits per heavy atom. The van der Waals surface area contributed by atoms with Gasteiger partial charge in [-0.25, -0.2) is 0 Å². The van der Waals surface area contributed by atoms with E-state index in [1.54, 1.807) is 0 Å². The van der Waals surface area contributed by atoms with Crippen molar-refractivity contribution in [2.75, 3.05) is 0 Å². The minimum atomic E-state index is 0.583. The van der Waals surface area contributed by atoms with E-state index in [4.69, 9.17) is 0 Å². The summed E-state index contributed by atoms with van der Waals surface area (Å²) in [4.78, 5) is 0. The lowest BCUT2D eigenvalue weighted by Gasteiger charge is -2.48. The zero-order chi connectivity index (χ0) is 13.8. The Kier molecular flexibility index (Phi) is 6.35. The molecule has 1 rings (SSSR count). The molecule has 0 bridgehead atoms. The van der Waals surface area contributed by atoms with E-state index in [0.29, 0.717) is 5.41 Å². The average Bonchev–Trinajstić information content (AvgIpc) is 2.13. The lowest BCUT2D eigenvalue weighted by Crippen LogP contribution is -2.38. The molecule has 102 valence electrons. The third-order valence-electron chi connectivity index (χ3n) is 5.24. The Morgan fingerprint density at radius 3 is 2.33 bits per heavy atom. The molecule has 0 nitrogen and oxygen atoms in total. The summed E-state index contributed by atoms with van der Waals surface area (Å²) in [6, 6.07) is 0. The van der Waals surface area contributed by atoms with Crippen molar-refractivity contribution in [3.05, 3.63) is 0 Å². The van der Waals surface area contributed by atoms with Crippen molar-refractivity contribution in [3.63, 3.8) is 0 Å². The van der Waals surface area contributed by atoms with Crippen molar-refractivity contribution in [3.8, 4) is 0 Å². The van der Waals surface area contributed by atoms with Crippen LogP contribution in [0.25, 0.3) is 0 Å². The lowest BCUT2D eigenvalue weighted by molar-refractivity contribution is 0.0256. The molecule has 18 heavy (non-hydrogen) atoms. The van der Waals surface area contributed by atoms with Crippen molar-refractivity contribution >= 4 is 14.3 Å². The van der Waals surface area contributed by atoms with Crippen LogP contribution in [0.1, 0.15) is 66.7 Å². The number of hydrogen-bond acceptors (Lipinski definition) is 0. The second-order valence-electron chi connectivity index (χ2n) is 7.38. The molecule has 0 saturated heterocycles. The monoisotopic (exact) mass is 246 g/mol. The molecule has 0 amide bonds.